The third-order valence-corrected chi connectivity index (χ3v) is 1.77. The molecule has 0 unspecified atom stereocenters. The number of carboxylic acid groups (broad SMARTS) is 1. The van der Waals surface area contributed by atoms with Crippen LogP contribution in [0.15, 0.2) is 6.20 Å². The number of aromatic amines is 1. The van der Waals surface area contributed by atoms with Crippen LogP contribution in [0.5, 0.6) is 0 Å². The van der Waals surface area contributed by atoms with Gasteiger partial charge in [0.15, 0.2) is 5.69 Å². The maximum Gasteiger partial charge on any atom is 0.356 e. The molecule has 0 aliphatic rings. The Morgan fingerprint density at radius 3 is 3.15 bits per heavy atom. The topological polar surface area (TPSA) is 83.3 Å². The summed E-state index contributed by atoms with van der Waals surface area (Å²) in [5.41, 5.74) is 0.0993. The number of rotatable bonds is 2. The predicted molar refractivity (Wildman–Crippen MR) is 43.7 cm³/mol. The molecule has 13 heavy (non-hydrogen) atoms. The van der Waals surface area contributed by atoms with Gasteiger partial charge < -0.3 is 5.11 Å². The van der Waals surface area contributed by atoms with Gasteiger partial charge in [0.25, 0.3) is 5.78 Å². The van der Waals surface area contributed by atoms with Gasteiger partial charge in [0, 0.05) is 6.42 Å². The monoisotopic (exact) mass is 180 g/mol. The number of fused-ring (bicyclic) bond motifs is 1. The molecule has 0 aliphatic heterocycles. The summed E-state index contributed by atoms with van der Waals surface area (Å²) in [6, 6.07) is 0. The number of aromatic carboxylic acids is 1. The zero-order chi connectivity index (χ0) is 9.42. The summed E-state index contributed by atoms with van der Waals surface area (Å²) in [6.45, 7) is 1.93. The van der Waals surface area contributed by atoms with Gasteiger partial charge in [0.2, 0.25) is 0 Å². The number of hydrogen-bond acceptors (Lipinski definition) is 3. The van der Waals surface area contributed by atoms with E-state index in [0.717, 1.165) is 12.2 Å². The molecule has 2 aromatic heterocycles. The van der Waals surface area contributed by atoms with Crippen LogP contribution in [0.25, 0.3) is 5.78 Å². The summed E-state index contributed by atoms with van der Waals surface area (Å²) in [6.07, 6.45) is 2.00. The second-order valence-electron chi connectivity index (χ2n) is 2.61. The minimum atomic E-state index is -1.01. The lowest BCUT2D eigenvalue weighted by Crippen LogP contribution is -2.02. The molecule has 0 saturated heterocycles. The number of carboxylic acids is 1. The van der Waals surface area contributed by atoms with Crippen molar-refractivity contribution < 1.29 is 9.90 Å². The summed E-state index contributed by atoms with van der Waals surface area (Å²) < 4.78 is 1.36. The van der Waals surface area contributed by atoms with Gasteiger partial charge in [-0.15, -0.1) is 0 Å². The number of nitrogens with one attached hydrogen (secondary N) is 1. The van der Waals surface area contributed by atoms with Crippen LogP contribution >= 0.6 is 0 Å². The number of hydrogen-bond donors (Lipinski definition) is 2. The van der Waals surface area contributed by atoms with Crippen LogP contribution in [0, 0.1) is 0 Å². The summed E-state index contributed by atoms with van der Waals surface area (Å²) in [7, 11) is 0. The molecule has 0 radical (unpaired) electrons. The van der Waals surface area contributed by atoms with Crippen molar-refractivity contribution in [2.24, 2.45) is 0 Å². The van der Waals surface area contributed by atoms with Crippen LogP contribution in [-0.2, 0) is 6.42 Å². The van der Waals surface area contributed by atoms with E-state index in [1.807, 2.05) is 6.92 Å². The lowest BCUT2D eigenvalue weighted by molar-refractivity contribution is 0.0688. The molecular weight excluding hydrogens is 172 g/mol. The molecule has 0 bridgehead atoms. The smallest absolute Gasteiger partial charge is 0.356 e. The van der Waals surface area contributed by atoms with Crippen molar-refractivity contribution in [2.75, 3.05) is 0 Å². The zero-order valence-corrected chi connectivity index (χ0v) is 6.98. The maximum atomic E-state index is 10.7. The minimum absolute atomic E-state index is 0.0993. The molecule has 2 rings (SSSR count). The molecule has 0 saturated carbocycles. The Labute approximate surface area is 73.2 Å². The van der Waals surface area contributed by atoms with Gasteiger partial charge in [-0.05, 0) is 0 Å². The van der Waals surface area contributed by atoms with E-state index in [1.165, 1.54) is 10.7 Å². The third kappa shape index (κ3) is 1.07. The molecule has 2 heterocycles. The first-order valence-corrected chi connectivity index (χ1v) is 3.88. The summed E-state index contributed by atoms with van der Waals surface area (Å²) in [4.78, 5) is 18.6. The number of H-pyrrole nitrogens is 1. The quantitative estimate of drug-likeness (QED) is 0.697. The predicted octanol–water partition coefficient (Wildman–Crippen LogP) is 0.318. The van der Waals surface area contributed by atoms with Crippen molar-refractivity contribution in [1.29, 1.82) is 0 Å². The highest BCUT2D eigenvalue weighted by molar-refractivity contribution is 5.86. The molecule has 0 amide bonds. The molecule has 2 N–H and O–H groups in total. The SMILES string of the molecule is CCc1nc2ncc(C(=O)O)n2[nH]1. The standard InChI is InChI=1S/C7H8N4O2/c1-2-5-9-7-8-3-4(6(12)13)11(7)10-5/h3H,2H2,1H3,(H,12,13)(H,8,9,10). The van der Waals surface area contributed by atoms with Crippen LogP contribution in [-0.4, -0.2) is 30.7 Å². The Morgan fingerprint density at radius 1 is 1.77 bits per heavy atom. The normalized spacial score (nSPS) is 10.8. The van der Waals surface area contributed by atoms with Crippen LogP contribution in [0.2, 0.25) is 0 Å². The fraction of sp³-hybridized carbons (Fsp3) is 0.286. The van der Waals surface area contributed by atoms with E-state index in [1.54, 1.807) is 0 Å². The Hall–Kier alpha value is -1.85. The zero-order valence-electron chi connectivity index (χ0n) is 6.98. The van der Waals surface area contributed by atoms with E-state index in [9.17, 15) is 4.79 Å². The molecule has 6 nitrogen and oxygen atoms in total. The van der Waals surface area contributed by atoms with Gasteiger partial charge >= 0.3 is 5.97 Å². The molecule has 6 heteroatoms. The maximum absolute atomic E-state index is 10.7. The second-order valence-corrected chi connectivity index (χ2v) is 2.61. The Kier molecular flexibility index (Phi) is 1.54. The summed E-state index contributed by atoms with van der Waals surface area (Å²) in [5, 5.41) is 11.6. The van der Waals surface area contributed by atoms with Gasteiger partial charge in [-0.2, -0.15) is 4.98 Å². The number of imidazole rings is 1. The molecule has 0 fully saturated rings. The van der Waals surface area contributed by atoms with Crippen molar-refractivity contribution in [2.45, 2.75) is 13.3 Å². The highest BCUT2D eigenvalue weighted by Gasteiger charge is 2.12. The number of aryl methyl sites for hydroxylation is 1. The molecule has 2 aromatic rings. The van der Waals surface area contributed by atoms with E-state index in [4.69, 9.17) is 5.11 Å². The van der Waals surface area contributed by atoms with Crippen molar-refractivity contribution >= 4 is 11.7 Å². The first kappa shape index (κ1) is 7.78. The fourth-order valence-electron chi connectivity index (χ4n) is 1.11. The van der Waals surface area contributed by atoms with Gasteiger partial charge in [0.1, 0.15) is 5.82 Å². The van der Waals surface area contributed by atoms with Gasteiger partial charge in [-0.25, -0.2) is 14.3 Å². The van der Waals surface area contributed by atoms with Crippen molar-refractivity contribution in [3.63, 3.8) is 0 Å². The average Bonchev–Trinajstić information content (AvgIpc) is 2.59. The van der Waals surface area contributed by atoms with E-state index in [2.05, 4.69) is 15.1 Å². The van der Waals surface area contributed by atoms with Crippen molar-refractivity contribution in [3.8, 4) is 0 Å². The first-order chi connectivity index (χ1) is 6.22. The van der Waals surface area contributed by atoms with Gasteiger partial charge in [-0.3, -0.25) is 5.10 Å². The van der Waals surface area contributed by atoms with Crippen molar-refractivity contribution in [1.82, 2.24) is 19.6 Å². The Morgan fingerprint density at radius 2 is 2.54 bits per heavy atom. The fourth-order valence-corrected chi connectivity index (χ4v) is 1.11. The molecule has 0 spiro atoms. The van der Waals surface area contributed by atoms with E-state index in [-0.39, 0.29) is 5.69 Å². The number of carbonyl (C=O) groups is 1. The van der Waals surface area contributed by atoms with Crippen LogP contribution in [0.3, 0.4) is 0 Å². The lowest BCUT2D eigenvalue weighted by atomic mass is 10.5. The number of aromatic nitrogens is 4. The highest BCUT2D eigenvalue weighted by Crippen LogP contribution is 2.04. The highest BCUT2D eigenvalue weighted by atomic mass is 16.4. The van der Waals surface area contributed by atoms with Crippen LogP contribution in [0.4, 0.5) is 0 Å². The van der Waals surface area contributed by atoms with E-state index in [0.29, 0.717) is 5.78 Å². The van der Waals surface area contributed by atoms with Gasteiger partial charge in [-0.1, -0.05) is 6.92 Å². The van der Waals surface area contributed by atoms with Crippen LogP contribution < -0.4 is 0 Å². The lowest BCUT2D eigenvalue weighted by Gasteiger charge is -1.89. The van der Waals surface area contributed by atoms with E-state index < -0.39 is 5.97 Å². The molecule has 68 valence electrons. The van der Waals surface area contributed by atoms with E-state index >= 15 is 0 Å². The van der Waals surface area contributed by atoms with Crippen LogP contribution in [0.1, 0.15) is 23.2 Å². The second kappa shape index (κ2) is 2.58. The van der Waals surface area contributed by atoms with Gasteiger partial charge in [0.05, 0.1) is 6.20 Å². The Bertz CT molecular complexity index is 456. The Balaban J connectivity index is 2.65. The molecule has 0 atom stereocenters. The largest absolute Gasteiger partial charge is 0.476 e. The minimum Gasteiger partial charge on any atom is -0.476 e. The molecule has 0 aromatic carbocycles. The average molecular weight is 180 g/mol. The summed E-state index contributed by atoms with van der Waals surface area (Å²) >= 11 is 0. The third-order valence-electron chi connectivity index (χ3n) is 1.77. The number of nitrogens with zero attached hydrogens (tertiary/aromatic N) is 3. The molecular formula is C7H8N4O2. The molecule has 0 aliphatic carbocycles. The summed E-state index contributed by atoms with van der Waals surface area (Å²) in [5.74, 6) is 0.110. The first-order valence-electron chi connectivity index (χ1n) is 3.88. The van der Waals surface area contributed by atoms with Crippen molar-refractivity contribution in [3.05, 3.63) is 17.7 Å².